The van der Waals surface area contributed by atoms with Gasteiger partial charge in [-0.3, -0.25) is 0 Å². The molecule has 8 heavy (non-hydrogen) atoms. The maximum Gasteiger partial charge on any atom is 1.00 e. The summed E-state index contributed by atoms with van der Waals surface area (Å²) < 4.78 is 0. The van der Waals surface area contributed by atoms with E-state index < -0.39 is 6.47 Å². The van der Waals surface area contributed by atoms with Crippen molar-refractivity contribution in [1.82, 2.24) is 0 Å². The van der Waals surface area contributed by atoms with Gasteiger partial charge in [-0.05, 0) is 0 Å². The van der Waals surface area contributed by atoms with Crippen LogP contribution in [0.25, 0.3) is 0 Å². The summed E-state index contributed by atoms with van der Waals surface area (Å²) in [6.45, 7) is 0.184. The first-order chi connectivity index (χ1) is 3.33. The van der Waals surface area contributed by atoms with Crippen molar-refractivity contribution in [1.29, 1.82) is 0 Å². The molecule has 5 heteroatoms. The molecule has 0 spiro atoms. The third-order valence-corrected chi connectivity index (χ3v) is 0.387. The van der Waals surface area contributed by atoms with E-state index in [4.69, 9.17) is 15.6 Å². The molecular formula is C3H8NNaO2S. The van der Waals surface area contributed by atoms with Crippen LogP contribution in [0, 0.1) is 0 Å². The van der Waals surface area contributed by atoms with E-state index in [2.05, 4.69) is 12.6 Å². The fourth-order valence-corrected chi connectivity index (χ4v) is 0. The smallest absolute Gasteiger partial charge is 0.554 e. The molecule has 0 aliphatic carbocycles. The van der Waals surface area contributed by atoms with Gasteiger partial charge in [-0.2, -0.15) is 12.6 Å². The van der Waals surface area contributed by atoms with E-state index in [0.717, 1.165) is 5.75 Å². The number of carboxylic acid groups (broad SMARTS) is 1. The van der Waals surface area contributed by atoms with Crippen molar-refractivity contribution in [3.8, 4) is 0 Å². The van der Waals surface area contributed by atoms with Gasteiger partial charge in [-0.1, -0.05) is 0 Å². The molecule has 0 saturated carbocycles. The van der Waals surface area contributed by atoms with Crippen molar-refractivity contribution in [2.45, 2.75) is 0 Å². The van der Waals surface area contributed by atoms with Crippen molar-refractivity contribution in [3.05, 3.63) is 0 Å². The average Bonchev–Trinajstić information content (AvgIpc) is 1.69. The molecule has 0 unspecified atom stereocenters. The number of nitrogens with two attached hydrogens (primary N) is 1. The van der Waals surface area contributed by atoms with E-state index >= 15 is 0 Å². The summed E-state index contributed by atoms with van der Waals surface area (Å²) in [6.07, 6.45) is 0. The minimum Gasteiger partial charge on any atom is -0.554 e. The van der Waals surface area contributed by atoms with Gasteiger partial charge in [0.1, 0.15) is 0 Å². The topological polar surface area (TPSA) is 66.2 Å². The van der Waals surface area contributed by atoms with Gasteiger partial charge in [-0.15, -0.1) is 0 Å². The van der Waals surface area contributed by atoms with Gasteiger partial charge in [0.25, 0.3) is 0 Å². The molecule has 0 aromatic rings. The molecule has 0 atom stereocenters. The van der Waals surface area contributed by atoms with Crippen LogP contribution >= 0.6 is 12.6 Å². The number of thiol groups is 1. The predicted molar refractivity (Wildman–Crippen MR) is 29.0 cm³/mol. The third-order valence-electron chi connectivity index (χ3n) is 0.129. The van der Waals surface area contributed by atoms with Crippen LogP contribution in [-0.2, 0) is 4.79 Å². The van der Waals surface area contributed by atoms with Crippen molar-refractivity contribution < 1.29 is 39.5 Å². The zero-order valence-electron chi connectivity index (χ0n) is 4.83. The first-order valence-corrected chi connectivity index (χ1v) is 2.33. The summed E-state index contributed by atoms with van der Waals surface area (Å²) in [6, 6.07) is 0. The van der Waals surface area contributed by atoms with Gasteiger partial charge in [0.15, 0.2) is 0 Å². The minimum absolute atomic E-state index is 0. The summed E-state index contributed by atoms with van der Waals surface area (Å²) in [4.78, 5) is 8.25. The summed E-state index contributed by atoms with van der Waals surface area (Å²) in [5.74, 6) is 0.792. The van der Waals surface area contributed by atoms with Crippen LogP contribution in [0.4, 0.5) is 0 Å². The van der Waals surface area contributed by atoms with Gasteiger partial charge >= 0.3 is 29.6 Å². The van der Waals surface area contributed by atoms with E-state index in [0.29, 0.717) is 6.54 Å². The summed E-state index contributed by atoms with van der Waals surface area (Å²) >= 11 is 3.80. The van der Waals surface area contributed by atoms with Crippen LogP contribution in [0.15, 0.2) is 0 Å². The molecular weight excluding hydrogens is 137 g/mol. The second kappa shape index (κ2) is 25.0. The van der Waals surface area contributed by atoms with Crippen LogP contribution in [0.3, 0.4) is 0 Å². The first-order valence-electron chi connectivity index (χ1n) is 1.70. The predicted octanol–water partition coefficient (Wildman–Crippen LogP) is -4.75. The Morgan fingerprint density at radius 3 is 1.88 bits per heavy atom. The van der Waals surface area contributed by atoms with Crippen LogP contribution in [0.2, 0.25) is 0 Å². The Hall–Kier alpha value is 0.780. The van der Waals surface area contributed by atoms with Crippen LogP contribution < -0.4 is 40.4 Å². The monoisotopic (exact) mass is 145 g/mol. The number of hydrogen-bond acceptors (Lipinski definition) is 4. The second-order valence-electron chi connectivity index (χ2n) is 0.609. The zero-order valence-corrected chi connectivity index (χ0v) is 7.73. The SMILES string of the molecule is NCCS.O=C[O-].[Na+]. The van der Waals surface area contributed by atoms with Gasteiger partial charge in [0, 0.05) is 18.8 Å². The number of carbonyl (C=O) groups excluding carboxylic acids is 1. The van der Waals surface area contributed by atoms with E-state index in [1.54, 1.807) is 0 Å². The molecule has 3 nitrogen and oxygen atoms in total. The molecule has 0 bridgehead atoms. The van der Waals surface area contributed by atoms with Gasteiger partial charge in [0.2, 0.25) is 0 Å². The largest absolute Gasteiger partial charge is 1.00 e. The van der Waals surface area contributed by atoms with Crippen molar-refractivity contribution in [2.24, 2.45) is 5.73 Å². The van der Waals surface area contributed by atoms with Crippen LogP contribution in [0.5, 0.6) is 0 Å². The zero-order chi connectivity index (χ0) is 6.12. The number of hydrogen-bond donors (Lipinski definition) is 2. The molecule has 0 rings (SSSR count). The third kappa shape index (κ3) is 71.5. The standard InChI is InChI=1S/C2H7NS.CH2O2.Na/c3-1-2-4;2-1-3;/h4H,1-3H2;1H,(H,2,3);/q;;+1/p-1. The van der Waals surface area contributed by atoms with Crippen LogP contribution in [-0.4, -0.2) is 18.8 Å². The molecule has 0 amide bonds. The maximum absolute atomic E-state index is 8.25. The number of carbonyl (C=O) groups is 1. The minimum atomic E-state index is -0.500. The molecule has 0 heterocycles. The first kappa shape index (κ1) is 15.9. The molecule has 0 saturated heterocycles. The summed E-state index contributed by atoms with van der Waals surface area (Å²) in [7, 11) is 0. The molecule has 0 aliphatic heterocycles. The van der Waals surface area contributed by atoms with Gasteiger partial charge < -0.3 is 15.6 Å². The molecule has 0 radical (unpaired) electrons. The van der Waals surface area contributed by atoms with E-state index in [1.807, 2.05) is 0 Å². The molecule has 2 N–H and O–H groups in total. The Kier molecular flexibility index (Phi) is 49.8. The van der Waals surface area contributed by atoms with Gasteiger partial charge in [-0.25, -0.2) is 0 Å². The van der Waals surface area contributed by atoms with Crippen molar-refractivity contribution in [2.75, 3.05) is 12.3 Å². The van der Waals surface area contributed by atoms with E-state index in [-0.39, 0.29) is 29.6 Å². The Bertz CT molecular complexity index is 36.5. The van der Waals surface area contributed by atoms with Gasteiger partial charge in [0.05, 0.1) is 0 Å². The Labute approximate surface area is 76.3 Å². The molecule has 0 aromatic heterocycles. The Morgan fingerprint density at radius 1 is 1.75 bits per heavy atom. The normalized spacial score (nSPS) is 5.25. The number of rotatable bonds is 1. The Morgan fingerprint density at radius 2 is 1.88 bits per heavy atom. The summed E-state index contributed by atoms with van der Waals surface area (Å²) in [5.41, 5.74) is 4.95. The fraction of sp³-hybridized carbons (Fsp3) is 0.667. The summed E-state index contributed by atoms with van der Waals surface area (Å²) in [5, 5.41) is 8.25. The molecule has 0 aliphatic rings. The van der Waals surface area contributed by atoms with E-state index in [9.17, 15) is 0 Å². The van der Waals surface area contributed by atoms with Crippen molar-refractivity contribution >= 4 is 19.1 Å². The van der Waals surface area contributed by atoms with E-state index in [1.165, 1.54) is 0 Å². The fourth-order valence-electron chi connectivity index (χ4n) is 0. The molecule has 0 fully saturated rings. The quantitative estimate of drug-likeness (QED) is 0.221. The van der Waals surface area contributed by atoms with Crippen LogP contribution in [0.1, 0.15) is 0 Å². The van der Waals surface area contributed by atoms with Crippen molar-refractivity contribution in [3.63, 3.8) is 0 Å². The molecule has 44 valence electrons. The average molecular weight is 145 g/mol. The Balaban J connectivity index is -0.0000000575. The second-order valence-corrected chi connectivity index (χ2v) is 1.06. The maximum atomic E-state index is 8.25. The molecule has 0 aromatic carbocycles.